The maximum atomic E-state index is 11.8. The van der Waals surface area contributed by atoms with Crippen molar-refractivity contribution >= 4 is 27.5 Å². The molecule has 2 rings (SSSR count). The van der Waals surface area contributed by atoms with Crippen LogP contribution in [0.15, 0.2) is 11.1 Å². The molecule has 0 saturated carbocycles. The Morgan fingerprint density at radius 3 is 3.00 bits per heavy atom. The van der Waals surface area contributed by atoms with E-state index in [9.17, 15) is 9.59 Å². The highest BCUT2D eigenvalue weighted by Crippen LogP contribution is 2.27. The Bertz CT molecular complexity index is 644. The summed E-state index contributed by atoms with van der Waals surface area (Å²) in [5.74, 6) is 4.99. The van der Waals surface area contributed by atoms with Crippen LogP contribution in [0, 0.1) is 6.92 Å². The van der Waals surface area contributed by atoms with Crippen molar-refractivity contribution in [2.24, 2.45) is 0 Å². The molecule has 2 aromatic heterocycles. The van der Waals surface area contributed by atoms with Crippen LogP contribution in [-0.4, -0.2) is 22.2 Å². The third-order valence-electron chi connectivity index (χ3n) is 2.34. The molecule has 0 fully saturated rings. The van der Waals surface area contributed by atoms with Gasteiger partial charge >= 0.3 is 5.97 Å². The van der Waals surface area contributed by atoms with Crippen LogP contribution in [0.25, 0.3) is 10.2 Å². The zero-order chi connectivity index (χ0) is 12.6. The quantitative estimate of drug-likeness (QED) is 0.627. The van der Waals surface area contributed by atoms with E-state index in [1.807, 2.05) is 0 Å². The Kier molecular flexibility index (Phi) is 2.84. The largest absolute Gasteiger partial charge is 0.462 e. The molecule has 17 heavy (non-hydrogen) atoms. The molecule has 0 unspecified atom stereocenters. The number of fused-ring (bicyclic) bond motifs is 1. The summed E-state index contributed by atoms with van der Waals surface area (Å²) in [6, 6.07) is 0. The predicted octanol–water partition coefficient (Wildman–Crippen LogP) is 0.657. The maximum Gasteiger partial charge on any atom is 0.348 e. The number of carbonyl (C=O) groups excluding carboxylic acids is 1. The number of nitrogens with two attached hydrogens (primary N) is 1. The molecule has 0 spiro atoms. The number of hydrogen-bond donors (Lipinski definition) is 1. The Morgan fingerprint density at radius 2 is 2.35 bits per heavy atom. The summed E-state index contributed by atoms with van der Waals surface area (Å²) < 4.78 is 5.81. The Balaban J connectivity index is 2.70. The normalized spacial score (nSPS) is 10.7. The number of aryl methyl sites for hydroxylation is 1. The highest BCUT2D eigenvalue weighted by molar-refractivity contribution is 7.20. The second-order valence-corrected chi connectivity index (χ2v) is 4.41. The lowest BCUT2D eigenvalue weighted by Crippen LogP contribution is -2.27. The summed E-state index contributed by atoms with van der Waals surface area (Å²) in [7, 11) is 0. The molecule has 0 amide bonds. The molecule has 6 nitrogen and oxygen atoms in total. The number of hydrogen-bond acceptors (Lipinski definition) is 6. The maximum absolute atomic E-state index is 11.8. The first kappa shape index (κ1) is 11.6. The summed E-state index contributed by atoms with van der Waals surface area (Å²) in [5.41, 5.74) is 0.208. The van der Waals surface area contributed by atoms with Gasteiger partial charge in [0.05, 0.1) is 12.0 Å². The first-order valence-electron chi connectivity index (χ1n) is 4.99. The summed E-state index contributed by atoms with van der Waals surface area (Å²) >= 11 is 1.14. The van der Waals surface area contributed by atoms with Gasteiger partial charge in [0.2, 0.25) is 0 Å². The average Bonchev–Trinajstić information content (AvgIpc) is 2.62. The van der Waals surface area contributed by atoms with E-state index in [-0.39, 0.29) is 5.56 Å². The first-order valence-corrected chi connectivity index (χ1v) is 5.80. The van der Waals surface area contributed by atoms with Gasteiger partial charge < -0.3 is 10.6 Å². The molecule has 7 heteroatoms. The molecule has 90 valence electrons. The SMILES string of the molecule is CCOC(=O)c1sc2ncn(N)c(=O)c2c1C. The molecule has 0 saturated heterocycles. The smallest absolute Gasteiger partial charge is 0.348 e. The van der Waals surface area contributed by atoms with Gasteiger partial charge in [-0.3, -0.25) is 4.79 Å². The number of carbonyl (C=O) groups is 1. The molecule has 0 aliphatic heterocycles. The summed E-state index contributed by atoms with van der Waals surface area (Å²) in [6.45, 7) is 3.71. The number of esters is 1. The van der Waals surface area contributed by atoms with Gasteiger partial charge in [-0.05, 0) is 19.4 Å². The molecule has 0 atom stereocenters. The van der Waals surface area contributed by atoms with Crippen LogP contribution in [-0.2, 0) is 4.74 Å². The van der Waals surface area contributed by atoms with Crippen LogP contribution in [0.1, 0.15) is 22.2 Å². The third-order valence-corrected chi connectivity index (χ3v) is 3.52. The van der Waals surface area contributed by atoms with E-state index >= 15 is 0 Å². The molecule has 2 N–H and O–H groups in total. The van der Waals surface area contributed by atoms with Crippen LogP contribution in [0.3, 0.4) is 0 Å². The molecule has 2 heterocycles. The van der Waals surface area contributed by atoms with Gasteiger partial charge in [0.1, 0.15) is 16.0 Å². The summed E-state index contributed by atoms with van der Waals surface area (Å²) in [5, 5.41) is 0.378. The second kappa shape index (κ2) is 4.17. The van der Waals surface area contributed by atoms with Gasteiger partial charge in [-0.25, -0.2) is 14.5 Å². The van der Waals surface area contributed by atoms with Crippen molar-refractivity contribution in [2.45, 2.75) is 13.8 Å². The number of aromatic nitrogens is 2. The van der Waals surface area contributed by atoms with Gasteiger partial charge in [0.15, 0.2) is 0 Å². The van der Waals surface area contributed by atoms with E-state index in [0.717, 1.165) is 16.0 Å². The highest BCUT2D eigenvalue weighted by Gasteiger charge is 2.19. The minimum Gasteiger partial charge on any atom is -0.462 e. The van der Waals surface area contributed by atoms with Gasteiger partial charge in [0, 0.05) is 0 Å². The fourth-order valence-electron chi connectivity index (χ4n) is 1.53. The van der Waals surface area contributed by atoms with Crippen molar-refractivity contribution in [1.29, 1.82) is 0 Å². The lowest BCUT2D eigenvalue weighted by Gasteiger charge is -1.99. The first-order chi connectivity index (χ1) is 8.06. The Hall–Kier alpha value is -1.89. The number of ether oxygens (including phenoxy) is 1. The fraction of sp³-hybridized carbons (Fsp3) is 0.300. The molecule has 0 bridgehead atoms. The van der Waals surface area contributed by atoms with Crippen LogP contribution in [0.5, 0.6) is 0 Å². The monoisotopic (exact) mass is 253 g/mol. The van der Waals surface area contributed by atoms with Crippen molar-refractivity contribution in [3.05, 3.63) is 27.1 Å². The molecule has 0 aromatic carbocycles. The molecular weight excluding hydrogens is 242 g/mol. The molecule has 2 aromatic rings. The second-order valence-electron chi connectivity index (χ2n) is 3.41. The lowest BCUT2D eigenvalue weighted by atomic mass is 10.2. The van der Waals surface area contributed by atoms with E-state index in [2.05, 4.69) is 4.98 Å². The zero-order valence-corrected chi connectivity index (χ0v) is 10.2. The number of thiophene rings is 1. The Labute approximate surface area is 101 Å². The number of rotatable bonds is 2. The standard InChI is InChI=1S/C10H11N3O3S/c1-3-16-10(15)7-5(2)6-8(17-7)12-4-13(11)9(6)14/h4H,3,11H2,1-2H3. The zero-order valence-electron chi connectivity index (χ0n) is 9.39. The number of nitrogens with zero attached hydrogens (tertiary/aromatic N) is 2. The lowest BCUT2D eigenvalue weighted by molar-refractivity contribution is 0.0531. The molecule has 0 aliphatic carbocycles. The van der Waals surface area contributed by atoms with E-state index in [0.29, 0.717) is 27.3 Å². The topological polar surface area (TPSA) is 87.2 Å². The summed E-state index contributed by atoms with van der Waals surface area (Å²) in [4.78, 5) is 28.4. The van der Waals surface area contributed by atoms with E-state index < -0.39 is 5.97 Å². The van der Waals surface area contributed by atoms with Crippen LogP contribution >= 0.6 is 11.3 Å². The minimum atomic E-state index is -0.434. The molecular formula is C10H11N3O3S. The molecule has 0 aliphatic rings. The highest BCUT2D eigenvalue weighted by atomic mass is 32.1. The average molecular weight is 253 g/mol. The number of nitrogen functional groups attached to an aromatic ring is 1. The van der Waals surface area contributed by atoms with Gasteiger partial charge in [-0.2, -0.15) is 0 Å². The molecule has 0 radical (unpaired) electrons. The van der Waals surface area contributed by atoms with Gasteiger partial charge in [0.25, 0.3) is 5.56 Å². The van der Waals surface area contributed by atoms with Crippen LogP contribution in [0.4, 0.5) is 0 Å². The van der Waals surface area contributed by atoms with E-state index in [1.54, 1.807) is 13.8 Å². The van der Waals surface area contributed by atoms with Crippen LogP contribution < -0.4 is 11.4 Å². The van der Waals surface area contributed by atoms with Crippen molar-refractivity contribution < 1.29 is 9.53 Å². The van der Waals surface area contributed by atoms with E-state index in [1.165, 1.54) is 6.33 Å². The third kappa shape index (κ3) is 1.78. The van der Waals surface area contributed by atoms with Crippen molar-refractivity contribution in [3.8, 4) is 0 Å². The van der Waals surface area contributed by atoms with E-state index in [4.69, 9.17) is 10.6 Å². The van der Waals surface area contributed by atoms with Crippen molar-refractivity contribution in [3.63, 3.8) is 0 Å². The summed E-state index contributed by atoms with van der Waals surface area (Å²) in [6.07, 6.45) is 1.23. The predicted molar refractivity (Wildman–Crippen MR) is 64.7 cm³/mol. The minimum absolute atomic E-state index is 0.293. The fourth-order valence-corrected chi connectivity index (χ4v) is 2.56. The van der Waals surface area contributed by atoms with Crippen LogP contribution in [0.2, 0.25) is 0 Å². The van der Waals surface area contributed by atoms with Crippen molar-refractivity contribution in [2.75, 3.05) is 12.4 Å². The Morgan fingerprint density at radius 1 is 1.65 bits per heavy atom. The van der Waals surface area contributed by atoms with Gasteiger partial charge in [-0.1, -0.05) is 0 Å². The van der Waals surface area contributed by atoms with Crippen molar-refractivity contribution in [1.82, 2.24) is 9.66 Å². The van der Waals surface area contributed by atoms with Gasteiger partial charge in [-0.15, -0.1) is 11.3 Å².